The van der Waals surface area contributed by atoms with E-state index in [2.05, 4.69) is 81.7 Å². The number of para-hydroxylation sites is 1. The average molecular weight is 705 g/mol. The highest BCUT2D eigenvalue weighted by molar-refractivity contribution is 8.01. The van der Waals surface area contributed by atoms with Gasteiger partial charge in [-0.2, -0.15) is 0 Å². The van der Waals surface area contributed by atoms with E-state index in [4.69, 9.17) is 0 Å². The number of nitrogens with zero attached hydrogens (tertiary/aromatic N) is 7. The Morgan fingerprint density at radius 2 is 1.62 bits per heavy atom. The number of carbonyl (C=O) groups is 2. The van der Waals surface area contributed by atoms with Crippen molar-refractivity contribution in [3.05, 3.63) is 58.6 Å². The average Bonchev–Trinajstić information content (AvgIpc) is 3.62. The molecule has 6 heterocycles. The first-order valence-electron chi connectivity index (χ1n) is 18.6. The Morgan fingerprint density at radius 3 is 2.34 bits per heavy atom. The Hall–Kier alpha value is -3.35. The normalized spacial score (nSPS) is 23.8. The molecule has 1 aromatic carbocycles. The molecule has 1 N–H and O–H groups in total. The summed E-state index contributed by atoms with van der Waals surface area (Å²) in [6.07, 6.45) is 6.65. The van der Waals surface area contributed by atoms with Gasteiger partial charge in [-0.25, -0.2) is 9.78 Å². The van der Waals surface area contributed by atoms with Gasteiger partial charge in [-0.15, -0.1) is 11.8 Å². The van der Waals surface area contributed by atoms with Crippen molar-refractivity contribution in [2.45, 2.75) is 82.0 Å². The number of carbonyl (C=O) groups excluding carboxylic acids is 2. The molecule has 4 saturated heterocycles. The highest BCUT2D eigenvalue weighted by Gasteiger charge is 2.44. The Labute approximate surface area is 301 Å². The Bertz CT molecular complexity index is 1720. The van der Waals surface area contributed by atoms with Crippen molar-refractivity contribution in [1.29, 1.82) is 0 Å². The summed E-state index contributed by atoms with van der Waals surface area (Å²) in [6.45, 7) is 14.9. The van der Waals surface area contributed by atoms with Crippen LogP contribution in [-0.4, -0.2) is 123 Å². The van der Waals surface area contributed by atoms with Gasteiger partial charge < -0.3 is 19.6 Å². The number of piperidine rings is 2. The first kappa shape index (κ1) is 35.1. The molecule has 12 heteroatoms. The first-order chi connectivity index (χ1) is 24.1. The molecule has 2 atom stereocenters. The zero-order chi connectivity index (χ0) is 35.0. The number of pyridine rings is 1. The predicted octanol–water partition coefficient (Wildman–Crippen LogP) is 4.82. The van der Waals surface area contributed by atoms with Crippen molar-refractivity contribution < 1.29 is 11.0 Å². The van der Waals surface area contributed by atoms with E-state index in [0.717, 1.165) is 38.1 Å². The number of thioether (sulfide) groups is 1. The second-order valence-corrected chi connectivity index (χ2v) is 17.2. The lowest BCUT2D eigenvalue weighted by Crippen LogP contribution is -2.53. The van der Waals surface area contributed by atoms with E-state index in [1.165, 1.54) is 37.2 Å². The number of nitrogens with one attached hydrogen (secondary N) is 1. The van der Waals surface area contributed by atoms with E-state index < -0.39 is 5.25 Å². The number of likely N-dealkylation sites (tertiary alicyclic amines) is 2. The second kappa shape index (κ2) is 14.7. The van der Waals surface area contributed by atoms with Gasteiger partial charge in [0, 0.05) is 83.2 Å². The van der Waals surface area contributed by atoms with Crippen molar-refractivity contribution in [2.75, 3.05) is 70.9 Å². The molecule has 0 bridgehead atoms. The maximum atomic E-state index is 14.2. The van der Waals surface area contributed by atoms with Crippen LogP contribution in [0.15, 0.2) is 47.4 Å². The van der Waals surface area contributed by atoms with Gasteiger partial charge in [-0.3, -0.25) is 24.0 Å². The van der Waals surface area contributed by atoms with Crippen molar-refractivity contribution in [2.24, 2.45) is 5.41 Å². The maximum absolute atomic E-state index is 14.2. The Kier molecular flexibility index (Phi) is 10.3. The number of H-pyrrole nitrogens is 1. The van der Waals surface area contributed by atoms with E-state index in [1.807, 2.05) is 17.0 Å². The fourth-order valence-electron chi connectivity index (χ4n) is 8.30. The van der Waals surface area contributed by atoms with Gasteiger partial charge in [0.2, 0.25) is 11.8 Å². The molecule has 50 heavy (non-hydrogen) atoms. The number of hydrogen-bond donors (Lipinski definition) is 1. The van der Waals surface area contributed by atoms with Gasteiger partial charge in [0.1, 0.15) is 5.37 Å². The van der Waals surface area contributed by atoms with Crippen molar-refractivity contribution in [1.82, 2.24) is 34.1 Å². The second-order valence-electron chi connectivity index (χ2n) is 15.9. The van der Waals surface area contributed by atoms with Crippen LogP contribution in [0, 0.1) is 5.41 Å². The van der Waals surface area contributed by atoms with E-state index in [1.54, 1.807) is 22.5 Å². The molecule has 0 radical (unpaired) electrons. The molecule has 272 valence electrons. The van der Waals surface area contributed by atoms with Gasteiger partial charge in [0.15, 0.2) is 5.65 Å². The van der Waals surface area contributed by atoms with Crippen molar-refractivity contribution in [3.63, 3.8) is 0 Å². The lowest BCUT2D eigenvalue weighted by atomic mass is 9.92. The first-order valence-corrected chi connectivity index (χ1v) is 19.6. The minimum Gasteiger partial charge on any atom is -0.369 e. The number of hydrogen-bond acceptors (Lipinski definition) is 8. The minimum absolute atomic E-state index is 0. The van der Waals surface area contributed by atoms with Crippen LogP contribution in [0.2, 0.25) is 0 Å². The van der Waals surface area contributed by atoms with E-state index in [-0.39, 0.29) is 42.2 Å². The van der Waals surface area contributed by atoms with E-state index in [0.29, 0.717) is 44.2 Å². The zero-order valence-corrected chi connectivity index (χ0v) is 31.0. The molecule has 3 aromatic rings. The van der Waals surface area contributed by atoms with Gasteiger partial charge in [0.05, 0.1) is 10.8 Å². The molecule has 0 aliphatic carbocycles. The van der Waals surface area contributed by atoms with Crippen LogP contribution in [0.1, 0.15) is 77.7 Å². The standard InChI is InChI=1S/C38H54N8O3S.H2/c1-38(2,3)15-21-45-35(48)32(26-33(47)44-19-13-28(14-20-44)46-31-10-7-16-39-34(31)40-37(46)49)50-36(45)29-8-5-6-9-30(29)43-24-22-42(23-25-43)27-11-17-41(4)18-12-27;/h5-10,16,27-28,32,36H,11-15,17-26H2,1-4H3,(H,39,40,49);1H. The van der Waals surface area contributed by atoms with Gasteiger partial charge >= 0.3 is 5.69 Å². The van der Waals surface area contributed by atoms with Crippen LogP contribution in [0.5, 0.6) is 0 Å². The third-order valence-electron chi connectivity index (χ3n) is 11.3. The highest BCUT2D eigenvalue weighted by Crippen LogP contribution is 2.48. The van der Waals surface area contributed by atoms with Gasteiger partial charge in [-0.05, 0) is 75.9 Å². The van der Waals surface area contributed by atoms with E-state index >= 15 is 0 Å². The predicted molar refractivity (Wildman–Crippen MR) is 203 cm³/mol. The molecular formula is C38H56N8O3S. The molecule has 4 fully saturated rings. The quantitative estimate of drug-likeness (QED) is 0.357. The van der Waals surface area contributed by atoms with Crippen LogP contribution in [0.25, 0.3) is 11.2 Å². The number of amides is 2. The molecular weight excluding hydrogens is 649 g/mol. The summed E-state index contributed by atoms with van der Waals surface area (Å²) < 4.78 is 1.80. The maximum Gasteiger partial charge on any atom is 0.327 e. The van der Waals surface area contributed by atoms with Crippen LogP contribution >= 0.6 is 11.8 Å². The molecule has 2 aromatic heterocycles. The summed E-state index contributed by atoms with van der Waals surface area (Å²) in [7, 11) is 2.22. The zero-order valence-electron chi connectivity index (χ0n) is 30.2. The molecule has 4 aliphatic rings. The summed E-state index contributed by atoms with van der Waals surface area (Å²) in [5.74, 6) is 0.101. The molecule has 4 aliphatic heterocycles. The number of benzene rings is 1. The lowest BCUT2D eigenvalue weighted by molar-refractivity contribution is -0.136. The SMILES string of the molecule is CN1CCC(N2CCN(c3ccccc3C3SC(CC(=O)N4CCC(n5c(=O)[nH]c6ncccc65)CC4)C(=O)N3CCC(C)(C)C)CC2)CC1.[HH]. The molecule has 0 spiro atoms. The van der Waals surface area contributed by atoms with Gasteiger partial charge in [-0.1, -0.05) is 39.0 Å². The number of rotatable bonds is 8. The Balaban J connectivity index is 0.00000448. The molecule has 2 amide bonds. The largest absolute Gasteiger partial charge is 0.369 e. The summed E-state index contributed by atoms with van der Waals surface area (Å²) in [6, 6.07) is 13.1. The van der Waals surface area contributed by atoms with Crippen LogP contribution < -0.4 is 10.6 Å². The summed E-state index contributed by atoms with van der Waals surface area (Å²) in [4.78, 5) is 59.5. The summed E-state index contributed by atoms with van der Waals surface area (Å²) in [5.41, 5.74) is 3.73. The molecule has 11 nitrogen and oxygen atoms in total. The van der Waals surface area contributed by atoms with E-state index in [9.17, 15) is 14.4 Å². The fraction of sp³-hybridized carbons (Fsp3) is 0.632. The number of imidazole rings is 1. The molecule has 7 rings (SSSR count). The smallest absolute Gasteiger partial charge is 0.327 e. The van der Waals surface area contributed by atoms with Crippen LogP contribution in [0.3, 0.4) is 0 Å². The molecule has 2 unspecified atom stereocenters. The number of fused-ring (bicyclic) bond motifs is 1. The number of aromatic nitrogens is 3. The topological polar surface area (TPSA) is 101 Å². The van der Waals surface area contributed by atoms with Gasteiger partial charge in [0.25, 0.3) is 0 Å². The number of piperazine rings is 1. The third-order valence-corrected chi connectivity index (χ3v) is 12.8. The third kappa shape index (κ3) is 7.48. The number of aromatic amines is 1. The lowest BCUT2D eigenvalue weighted by Gasteiger charge is -2.43. The monoisotopic (exact) mass is 704 g/mol. The summed E-state index contributed by atoms with van der Waals surface area (Å²) in [5, 5.41) is -0.541. The van der Waals surface area contributed by atoms with Crippen LogP contribution in [0.4, 0.5) is 5.69 Å². The highest BCUT2D eigenvalue weighted by atomic mass is 32.2. The van der Waals surface area contributed by atoms with Crippen molar-refractivity contribution >= 4 is 40.4 Å². The fourth-order valence-corrected chi connectivity index (χ4v) is 9.81. The summed E-state index contributed by atoms with van der Waals surface area (Å²) >= 11 is 1.66. The Morgan fingerprint density at radius 1 is 0.920 bits per heavy atom. The minimum atomic E-state index is -0.415. The van der Waals surface area contributed by atoms with Crippen molar-refractivity contribution in [3.8, 4) is 0 Å². The number of anilines is 1. The molecule has 0 saturated carbocycles. The van der Waals surface area contributed by atoms with Crippen LogP contribution in [-0.2, 0) is 9.59 Å².